The summed E-state index contributed by atoms with van der Waals surface area (Å²) in [5, 5.41) is 8.47. The number of nitrogens with zero attached hydrogens (tertiary/aromatic N) is 1. The zero-order chi connectivity index (χ0) is 11.3. The molecule has 0 heterocycles. The average molecular weight is 234 g/mol. The molecule has 1 saturated carbocycles. The molecule has 0 aliphatic heterocycles. The van der Waals surface area contributed by atoms with Crippen molar-refractivity contribution in [2.75, 3.05) is 13.2 Å². The number of carbonyl (C=O) groups is 1. The van der Waals surface area contributed by atoms with E-state index in [0.29, 0.717) is 12.6 Å². The van der Waals surface area contributed by atoms with Crippen LogP contribution in [0.3, 0.4) is 0 Å². The summed E-state index contributed by atoms with van der Waals surface area (Å²) in [7, 11) is 0. The standard InChI is InChI=1S/C11H20ClNO2/c1-9(12)11(15)13(7-8-14)10-5-3-2-4-6-10/h9-10,14H,2-8H2,1H3. The Morgan fingerprint density at radius 2 is 2.07 bits per heavy atom. The maximum Gasteiger partial charge on any atom is 0.240 e. The lowest BCUT2D eigenvalue weighted by Crippen LogP contribution is -2.45. The number of aliphatic hydroxyl groups is 1. The van der Waals surface area contributed by atoms with E-state index in [2.05, 4.69) is 0 Å². The second-order valence-electron chi connectivity index (χ2n) is 4.16. The van der Waals surface area contributed by atoms with E-state index >= 15 is 0 Å². The van der Waals surface area contributed by atoms with Gasteiger partial charge in [-0.05, 0) is 19.8 Å². The van der Waals surface area contributed by atoms with E-state index < -0.39 is 5.38 Å². The Balaban J connectivity index is 2.58. The number of hydrogen-bond acceptors (Lipinski definition) is 2. The molecule has 1 fully saturated rings. The lowest BCUT2D eigenvalue weighted by atomic mass is 9.94. The first-order valence-electron chi connectivity index (χ1n) is 5.72. The number of carbonyl (C=O) groups excluding carboxylic acids is 1. The first-order valence-corrected chi connectivity index (χ1v) is 6.16. The summed E-state index contributed by atoms with van der Waals surface area (Å²) >= 11 is 5.81. The number of aliphatic hydroxyl groups excluding tert-OH is 1. The number of rotatable bonds is 4. The molecule has 1 amide bonds. The van der Waals surface area contributed by atoms with Crippen LogP contribution in [0.1, 0.15) is 39.0 Å². The second kappa shape index (κ2) is 6.33. The molecule has 1 N–H and O–H groups in total. The molecule has 1 aliphatic carbocycles. The molecule has 3 nitrogen and oxygen atoms in total. The average Bonchev–Trinajstić information content (AvgIpc) is 2.26. The number of halogens is 1. The molecule has 0 radical (unpaired) electrons. The van der Waals surface area contributed by atoms with E-state index in [0.717, 1.165) is 12.8 Å². The highest BCUT2D eigenvalue weighted by Crippen LogP contribution is 2.23. The minimum absolute atomic E-state index is 0.0197. The Bertz CT molecular complexity index is 203. The van der Waals surface area contributed by atoms with Crippen LogP contribution in [0, 0.1) is 0 Å². The number of alkyl halides is 1. The van der Waals surface area contributed by atoms with Crippen molar-refractivity contribution in [2.45, 2.75) is 50.4 Å². The maximum absolute atomic E-state index is 11.8. The minimum Gasteiger partial charge on any atom is -0.395 e. The largest absolute Gasteiger partial charge is 0.395 e. The van der Waals surface area contributed by atoms with Crippen LogP contribution in [0.5, 0.6) is 0 Å². The third-order valence-corrected chi connectivity index (χ3v) is 3.17. The van der Waals surface area contributed by atoms with Gasteiger partial charge in [0.15, 0.2) is 0 Å². The van der Waals surface area contributed by atoms with Crippen LogP contribution >= 0.6 is 11.6 Å². The van der Waals surface area contributed by atoms with Gasteiger partial charge < -0.3 is 10.0 Å². The summed E-state index contributed by atoms with van der Waals surface area (Å²) in [6.07, 6.45) is 5.71. The van der Waals surface area contributed by atoms with Gasteiger partial charge in [0.25, 0.3) is 0 Å². The Morgan fingerprint density at radius 1 is 1.47 bits per heavy atom. The summed E-state index contributed by atoms with van der Waals surface area (Å²) in [6.45, 7) is 2.13. The zero-order valence-corrected chi connectivity index (χ0v) is 10.0. The summed E-state index contributed by atoms with van der Waals surface area (Å²) in [5.41, 5.74) is 0. The monoisotopic (exact) mass is 233 g/mol. The van der Waals surface area contributed by atoms with Crippen LogP contribution in [-0.4, -0.2) is 40.5 Å². The molecule has 0 aromatic rings. The molecule has 0 aromatic carbocycles. The molecule has 0 aromatic heterocycles. The highest BCUT2D eigenvalue weighted by atomic mass is 35.5. The van der Waals surface area contributed by atoms with Gasteiger partial charge in [-0.2, -0.15) is 0 Å². The summed E-state index contributed by atoms with van der Waals surface area (Å²) < 4.78 is 0. The topological polar surface area (TPSA) is 40.5 Å². The van der Waals surface area contributed by atoms with E-state index in [4.69, 9.17) is 16.7 Å². The molecular formula is C11H20ClNO2. The van der Waals surface area contributed by atoms with Crippen molar-refractivity contribution in [3.8, 4) is 0 Å². The van der Waals surface area contributed by atoms with Crippen molar-refractivity contribution in [2.24, 2.45) is 0 Å². The van der Waals surface area contributed by atoms with Gasteiger partial charge in [0.2, 0.25) is 5.91 Å². The van der Waals surface area contributed by atoms with Crippen molar-refractivity contribution in [1.82, 2.24) is 4.90 Å². The van der Waals surface area contributed by atoms with Gasteiger partial charge in [0.1, 0.15) is 5.38 Å². The van der Waals surface area contributed by atoms with Crippen molar-refractivity contribution >= 4 is 17.5 Å². The van der Waals surface area contributed by atoms with Crippen molar-refractivity contribution in [1.29, 1.82) is 0 Å². The van der Waals surface area contributed by atoms with Crippen LogP contribution in [0.15, 0.2) is 0 Å². The van der Waals surface area contributed by atoms with Gasteiger partial charge in [0.05, 0.1) is 6.61 Å². The molecule has 1 atom stereocenters. The first kappa shape index (κ1) is 12.8. The van der Waals surface area contributed by atoms with Crippen LogP contribution in [0.25, 0.3) is 0 Å². The van der Waals surface area contributed by atoms with E-state index in [1.54, 1.807) is 11.8 Å². The fraction of sp³-hybridized carbons (Fsp3) is 0.909. The highest BCUT2D eigenvalue weighted by molar-refractivity contribution is 6.30. The lowest BCUT2D eigenvalue weighted by molar-refractivity contribution is -0.134. The Kier molecular flexibility index (Phi) is 5.40. The fourth-order valence-corrected chi connectivity index (χ4v) is 2.33. The molecular weight excluding hydrogens is 214 g/mol. The Labute approximate surface area is 96.4 Å². The van der Waals surface area contributed by atoms with Crippen LogP contribution < -0.4 is 0 Å². The molecule has 0 saturated heterocycles. The zero-order valence-electron chi connectivity index (χ0n) is 9.29. The van der Waals surface area contributed by atoms with Crippen molar-refractivity contribution < 1.29 is 9.90 Å². The Hall–Kier alpha value is -0.280. The van der Waals surface area contributed by atoms with Gasteiger partial charge in [0, 0.05) is 12.6 Å². The Morgan fingerprint density at radius 3 is 2.53 bits per heavy atom. The van der Waals surface area contributed by atoms with Gasteiger partial charge in [-0.25, -0.2) is 0 Å². The number of amides is 1. The van der Waals surface area contributed by atoms with E-state index in [1.807, 2.05) is 0 Å². The van der Waals surface area contributed by atoms with Gasteiger partial charge >= 0.3 is 0 Å². The quantitative estimate of drug-likeness (QED) is 0.752. The van der Waals surface area contributed by atoms with Gasteiger partial charge in [-0.3, -0.25) is 4.79 Å². The molecule has 0 spiro atoms. The predicted octanol–water partition coefficient (Wildman–Crippen LogP) is 1.77. The van der Waals surface area contributed by atoms with Crippen LogP contribution in [0.2, 0.25) is 0 Å². The number of hydrogen-bond donors (Lipinski definition) is 1. The molecule has 88 valence electrons. The smallest absolute Gasteiger partial charge is 0.240 e. The normalized spacial score (nSPS) is 19.9. The predicted molar refractivity (Wildman–Crippen MR) is 61.0 cm³/mol. The second-order valence-corrected chi connectivity index (χ2v) is 4.82. The van der Waals surface area contributed by atoms with Crippen molar-refractivity contribution in [3.05, 3.63) is 0 Å². The summed E-state index contributed by atoms with van der Waals surface area (Å²) in [6, 6.07) is 0.291. The van der Waals surface area contributed by atoms with E-state index in [-0.39, 0.29) is 12.5 Å². The SMILES string of the molecule is CC(Cl)C(=O)N(CCO)C1CCCCC1. The maximum atomic E-state index is 11.8. The van der Waals surface area contributed by atoms with E-state index in [1.165, 1.54) is 19.3 Å². The highest BCUT2D eigenvalue weighted by Gasteiger charge is 2.26. The van der Waals surface area contributed by atoms with Crippen molar-refractivity contribution in [3.63, 3.8) is 0 Å². The summed E-state index contributed by atoms with van der Waals surface area (Å²) in [5.74, 6) is -0.0439. The van der Waals surface area contributed by atoms with E-state index in [9.17, 15) is 4.79 Å². The fourth-order valence-electron chi connectivity index (χ4n) is 2.20. The molecule has 1 aliphatic rings. The third kappa shape index (κ3) is 3.65. The summed E-state index contributed by atoms with van der Waals surface area (Å²) in [4.78, 5) is 13.6. The molecule has 15 heavy (non-hydrogen) atoms. The molecule has 0 bridgehead atoms. The van der Waals surface area contributed by atoms with Crippen LogP contribution in [0.4, 0.5) is 0 Å². The molecule has 1 rings (SSSR count). The third-order valence-electron chi connectivity index (χ3n) is 2.98. The molecule has 4 heteroatoms. The first-order chi connectivity index (χ1) is 7.16. The molecule has 1 unspecified atom stereocenters. The van der Waals surface area contributed by atoms with Gasteiger partial charge in [-0.1, -0.05) is 19.3 Å². The minimum atomic E-state index is -0.488. The van der Waals surface area contributed by atoms with Gasteiger partial charge in [-0.15, -0.1) is 11.6 Å². The van der Waals surface area contributed by atoms with Crippen LogP contribution in [-0.2, 0) is 4.79 Å². The lowest BCUT2D eigenvalue weighted by Gasteiger charge is -2.34.